The smallest absolute Gasteiger partial charge is 0.00793 e. The van der Waals surface area contributed by atoms with E-state index in [1.165, 1.54) is 70.6 Å². The van der Waals surface area contributed by atoms with Crippen molar-refractivity contribution in [2.24, 2.45) is 5.73 Å². The lowest BCUT2D eigenvalue weighted by atomic mass is 9.98. The predicted molar refractivity (Wildman–Crippen MR) is 84.5 cm³/mol. The molecule has 0 spiro atoms. The average molecular weight is 269 g/mol. The van der Waals surface area contributed by atoms with E-state index in [4.69, 9.17) is 5.73 Å². The third kappa shape index (κ3) is 10.3. The van der Waals surface area contributed by atoms with Gasteiger partial charge >= 0.3 is 0 Å². The highest BCUT2D eigenvalue weighted by molar-refractivity contribution is 4.69. The predicted octanol–water partition coefficient (Wildman–Crippen LogP) is 2.80. The SMILES string of the molecule is NCCNCCNC1CCCCCCCCCCC1. The molecule has 1 aliphatic rings. The fourth-order valence-corrected chi connectivity index (χ4v) is 2.96. The van der Waals surface area contributed by atoms with E-state index in [0.29, 0.717) is 0 Å². The first-order chi connectivity index (χ1) is 9.43. The minimum Gasteiger partial charge on any atom is -0.329 e. The summed E-state index contributed by atoms with van der Waals surface area (Å²) in [5, 5.41) is 7.08. The average Bonchev–Trinajstić information content (AvgIpc) is 2.41. The van der Waals surface area contributed by atoms with Gasteiger partial charge in [-0.25, -0.2) is 0 Å². The van der Waals surface area contributed by atoms with Crippen LogP contribution in [0.3, 0.4) is 0 Å². The largest absolute Gasteiger partial charge is 0.329 e. The standard InChI is InChI=1S/C16H35N3/c17-12-13-18-14-15-19-16-10-8-6-4-2-1-3-5-7-9-11-16/h16,18-19H,1-15,17H2. The van der Waals surface area contributed by atoms with E-state index < -0.39 is 0 Å². The first-order valence-electron chi connectivity index (χ1n) is 8.57. The summed E-state index contributed by atoms with van der Waals surface area (Å²) in [5.74, 6) is 0. The summed E-state index contributed by atoms with van der Waals surface area (Å²) in [5.41, 5.74) is 5.47. The summed E-state index contributed by atoms with van der Waals surface area (Å²) in [6.07, 6.45) is 15.7. The monoisotopic (exact) mass is 269 g/mol. The first kappa shape index (κ1) is 16.9. The van der Waals surface area contributed by atoms with Gasteiger partial charge < -0.3 is 16.4 Å². The zero-order valence-corrected chi connectivity index (χ0v) is 12.8. The Morgan fingerprint density at radius 2 is 1.21 bits per heavy atom. The molecule has 0 radical (unpaired) electrons. The van der Waals surface area contributed by atoms with Crippen LogP contribution in [-0.2, 0) is 0 Å². The molecule has 19 heavy (non-hydrogen) atoms. The molecule has 0 heterocycles. The van der Waals surface area contributed by atoms with E-state index >= 15 is 0 Å². The van der Waals surface area contributed by atoms with Gasteiger partial charge in [-0.2, -0.15) is 0 Å². The van der Waals surface area contributed by atoms with Crippen molar-refractivity contribution in [3.8, 4) is 0 Å². The lowest BCUT2D eigenvalue weighted by Crippen LogP contribution is -2.36. The molecule has 0 aromatic heterocycles. The summed E-state index contributed by atoms with van der Waals surface area (Å²) in [7, 11) is 0. The van der Waals surface area contributed by atoms with Crippen LogP contribution in [0.5, 0.6) is 0 Å². The van der Waals surface area contributed by atoms with Gasteiger partial charge in [-0.3, -0.25) is 0 Å². The lowest BCUT2D eigenvalue weighted by molar-refractivity contribution is 0.403. The molecule has 0 unspecified atom stereocenters. The number of rotatable bonds is 6. The lowest BCUT2D eigenvalue weighted by Gasteiger charge is -2.19. The Balaban J connectivity index is 2.11. The molecule has 0 aromatic carbocycles. The number of hydrogen-bond donors (Lipinski definition) is 3. The van der Waals surface area contributed by atoms with E-state index in [1.807, 2.05) is 0 Å². The molecule has 114 valence electrons. The second-order valence-corrected chi connectivity index (χ2v) is 5.95. The highest BCUT2D eigenvalue weighted by Gasteiger charge is 2.08. The van der Waals surface area contributed by atoms with E-state index in [2.05, 4.69) is 10.6 Å². The van der Waals surface area contributed by atoms with Crippen LogP contribution in [0.25, 0.3) is 0 Å². The van der Waals surface area contributed by atoms with Gasteiger partial charge in [0.2, 0.25) is 0 Å². The van der Waals surface area contributed by atoms with Crippen LogP contribution in [0.2, 0.25) is 0 Å². The maximum Gasteiger partial charge on any atom is 0.00793 e. The minimum absolute atomic E-state index is 0.740. The molecule has 1 rings (SSSR count). The molecule has 0 aromatic rings. The fourth-order valence-electron chi connectivity index (χ4n) is 2.96. The summed E-state index contributed by atoms with van der Waals surface area (Å²) >= 11 is 0. The number of nitrogens with two attached hydrogens (primary N) is 1. The van der Waals surface area contributed by atoms with Gasteiger partial charge in [-0.1, -0.05) is 57.8 Å². The van der Waals surface area contributed by atoms with E-state index in [-0.39, 0.29) is 0 Å². The van der Waals surface area contributed by atoms with Gasteiger partial charge in [0.25, 0.3) is 0 Å². The third-order valence-electron chi connectivity index (χ3n) is 4.16. The molecule has 0 aliphatic heterocycles. The normalized spacial score (nSPS) is 20.7. The zero-order chi connectivity index (χ0) is 13.6. The van der Waals surface area contributed by atoms with Crippen molar-refractivity contribution < 1.29 is 0 Å². The van der Waals surface area contributed by atoms with Crippen LogP contribution in [-0.4, -0.2) is 32.2 Å². The molecule has 0 amide bonds. The van der Waals surface area contributed by atoms with Crippen molar-refractivity contribution in [3.63, 3.8) is 0 Å². The molecule has 1 fully saturated rings. The summed E-state index contributed by atoms with van der Waals surface area (Å²) in [6.45, 7) is 3.81. The van der Waals surface area contributed by atoms with Crippen molar-refractivity contribution in [2.45, 2.75) is 76.7 Å². The van der Waals surface area contributed by atoms with Crippen LogP contribution in [0.15, 0.2) is 0 Å². The van der Waals surface area contributed by atoms with Gasteiger partial charge in [0.05, 0.1) is 0 Å². The first-order valence-corrected chi connectivity index (χ1v) is 8.57. The second-order valence-electron chi connectivity index (χ2n) is 5.95. The van der Waals surface area contributed by atoms with Gasteiger partial charge in [0.1, 0.15) is 0 Å². The van der Waals surface area contributed by atoms with Crippen LogP contribution in [0, 0.1) is 0 Å². The molecular weight excluding hydrogens is 234 g/mol. The number of hydrogen-bond acceptors (Lipinski definition) is 3. The summed E-state index contributed by atoms with van der Waals surface area (Å²) in [4.78, 5) is 0. The van der Waals surface area contributed by atoms with Crippen LogP contribution in [0.4, 0.5) is 0 Å². The summed E-state index contributed by atoms with van der Waals surface area (Å²) in [6, 6.07) is 0.749. The molecule has 0 saturated heterocycles. The molecule has 3 heteroatoms. The fraction of sp³-hybridized carbons (Fsp3) is 1.00. The number of nitrogens with one attached hydrogen (secondary N) is 2. The quantitative estimate of drug-likeness (QED) is 0.650. The molecule has 0 bridgehead atoms. The zero-order valence-electron chi connectivity index (χ0n) is 12.8. The van der Waals surface area contributed by atoms with Gasteiger partial charge in [-0.05, 0) is 12.8 Å². The third-order valence-corrected chi connectivity index (χ3v) is 4.16. The Bertz CT molecular complexity index is 173. The second kappa shape index (κ2) is 12.9. The van der Waals surface area contributed by atoms with Crippen LogP contribution in [0.1, 0.15) is 70.6 Å². The molecule has 3 nitrogen and oxygen atoms in total. The Morgan fingerprint density at radius 1 is 0.684 bits per heavy atom. The van der Waals surface area contributed by atoms with Crippen LogP contribution < -0.4 is 16.4 Å². The van der Waals surface area contributed by atoms with Crippen molar-refractivity contribution in [1.29, 1.82) is 0 Å². The highest BCUT2D eigenvalue weighted by atomic mass is 15.0. The maximum atomic E-state index is 5.47. The Morgan fingerprint density at radius 3 is 1.74 bits per heavy atom. The van der Waals surface area contributed by atoms with Crippen molar-refractivity contribution >= 4 is 0 Å². The molecule has 0 atom stereocenters. The van der Waals surface area contributed by atoms with Gasteiger partial charge in [0, 0.05) is 32.2 Å². The molecular formula is C16H35N3. The van der Waals surface area contributed by atoms with E-state index in [1.54, 1.807) is 0 Å². The summed E-state index contributed by atoms with van der Waals surface area (Å²) < 4.78 is 0. The molecule has 4 N–H and O–H groups in total. The van der Waals surface area contributed by atoms with Gasteiger partial charge in [-0.15, -0.1) is 0 Å². The van der Waals surface area contributed by atoms with Gasteiger partial charge in [0.15, 0.2) is 0 Å². The maximum absolute atomic E-state index is 5.47. The van der Waals surface area contributed by atoms with E-state index in [0.717, 1.165) is 32.2 Å². The van der Waals surface area contributed by atoms with Crippen molar-refractivity contribution in [1.82, 2.24) is 10.6 Å². The van der Waals surface area contributed by atoms with Crippen molar-refractivity contribution in [2.75, 3.05) is 26.2 Å². The van der Waals surface area contributed by atoms with Crippen LogP contribution >= 0.6 is 0 Å². The highest BCUT2D eigenvalue weighted by Crippen LogP contribution is 2.16. The topological polar surface area (TPSA) is 50.1 Å². The van der Waals surface area contributed by atoms with Crippen molar-refractivity contribution in [3.05, 3.63) is 0 Å². The molecule has 1 aliphatic carbocycles. The minimum atomic E-state index is 0.740. The Labute approximate surface area is 120 Å². The molecule has 1 saturated carbocycles. The Kier molecular flexibility index (Phi) is 11.5. The Hall–Kier alpha value is -0.120. The van der Waals surface area contributed by atoms with E-state index in [9.17, 15) is 0 Å².